The molecule has 22 heavy (non-hydrogen) atoms. The van der Waals surface area contributed by atoms with E-state index in [-0.39, 0.29) is 17.9 Å². The number of carbonyl (C=O) groups excluding carboxylic acids is 2. The van der Waals surface area contributed by atoms with Gasteiger partial charge in [-0.3, -0.25) is 9.59 Å². The van der Waals surface area contributed by atoms with Crippen LogP contribution < -0.4 is 10.6 Å². The Morgan fingerprint density at radius 1 is 1.18 bits per heavy atom. The van der Waals surface area contributed by atoms with Gasteiger partial charge in [0.25, 0.3) is 11.8 Å². The lowest BCUT2D eigenvalue weighted by atomic mass is 10.1. The van der Waals surface area contributed by atoms with E-state index in [4.69, 9.17) is 4.74 Å². The molecule has 1 aliphatic rings. The van der Waals surface area contributed by atoms with Crippen molar-refractivity contribution in [1.82, 2.24) is 5.32 Å². The summed E-state index contributed by atoms with van der Waals surface area (Å²) in [6.07, 6.45) is 1.88. The van der Waals surface area contributed by atoms with E-state index in [9.17, 15) is 9.59 Å². The van der Waals surface area contributed by atoms with Gasteiger partial charge in [-0.2, -0.15) is 0 Å². The van der Waals surface area contributed by atoms with Crippen LogP contribution >= 0.6 is 22.7 Å². The van der Waals surface area contributed by atoms with Gasteiger partial charge >= 0.3 is 0 Å². The highest BCUT2D eigenvalue weighted by atomic mass is 32.1. The summed E-state index contributed by atoms with van der Waals surface area (Å²) in [5.41, 5.74) is 0.500. The molecule has 0 radical (unpaired) electrons. The lowest BCUT2D eigenvalue weighted by molar-refractivity contribution is 0.0624. The second-order valence-corrected chi connectivity index (χ2v) is 6.85. The molecule has 0 aliphatic carbocycles. The smallest absolute Gasteiger partial charge is 0.266 e. The molecule has 0 saturated carbocycles. The minimum absolute atomic E-state index is 0.0435. The van der Waals surface area contributed by atoms with Gasteiger partial charge in [-0.1, -0.05) is 6.07 Å². The fourth-order valence-corrected chi connectivity index (χ4v) is 3.67. The average Bonchev–Trinajstić information content (AvgIpc) is 3.19. The fraction of sp³-hybridized carbons (Fsp3) is 0.333. The minimum Gasteiger partial charge on any atom is -0.379 e. The van der Waals surface area contributed by atoms with Crippen molar-refractivity contribution < 1.29 is 14.3 Å². The van der Waals surface area contributed by atoms with Crippen molar-refractivity contribution in [3.63, 3.8) is 0 Å². The number of anilines is 1. The molecule has 2 aromatic heterocycles. The fourth-order valence-electron chi connectivity index (χ4n) is 2.28. The van der Waals surface area contributed by atoms with Crippen molar-refractivity contribution in [3.8, 4) is 0 Å². The molecule has 1 atom stereocenters. The summed E-state index contributed by atoms with van der Waals surface area (Å²) >= 11 is 2.72. The van der Waals surface area contributed by atoms with Crippen molar-refractivity contribution in [2.75, 3.05) is 18.5 Å². The van der Waals surface area contributed by atoms with Crippen molar-refractivity contribution >= 4 is 39.5 Å². The normalized spacial score (nSPS) is 17.9. The SMILES string of the molecule is O=C(Nc1sccc1C(=O)NC1CCCOC1)c1cccs1. The van der Waals surface area contributed by atoms with E-state index in [1.807, 2.05) is 11.4 Å². The average molecular weight is 336 g/mol. The van der Waals surface area contributed by atoms with E-state index < -0.39 is 0 Å². The number of thiophene rings is 2. The topological polar surface area (TPSA) is 67.4 Å². The van der Waals surface area contributed by atoms with Crippen LogP contribution in [0.1, 0.15) is 32.9 Å². The molecule has 0 aromatic carbocycles. The Morgan fingerprint density at radius 2 is 2.09 bits per heavy atom. The number of hydrogen-bond donors (Lipinski definition) is 2. The highest BCUT2D eigenvalue weighted by Crippen LogP contribution is 2.25. The van der Waals surface area contributed by atoms with Gasteiger partial charge in [0, 0.05) is 6.61 Å². The van der Waals surface area contributed by atoms with Crippen molar-refractivity contribution in [2.45, 2.75) is 18.9 Å². The van der Waals surface area contributed by atoms with Crippen LogP contribution in [0.2, 0.25) is 0 Å². The first-order chi connectivity index (χ1) is 10.7. The molecule has 3 heterocycles. The van der Waals surface area contributed by atoms with Crippen LogP contribution in [0, 0.1) is 0 Å². The van der Waals surface area contributed by atoms with Gasteiger partial charge in [-0.15, -0.1) is 22.7 Å². The van der Waals surface area contributed by atoms with Crippen molar-refractivity contribution in [3.05, 3.63) is 39.4 Å². The predicted molar refractivity (Wildman–Crippen MR) is 87.9 cm³/mol. The molecule has 2 aromatic rings. The summed E-state index contributed by atoms with van der Waals surface area (Å²) in [6.45, 7) is 1.31. The zero-order valence-electron chi connectivity index (χ0n) is 11.8. The molecular formula is C15H16N2O3S2. The summed E-state index contributed by atoms with van der Waals surface area (Å²) < 4.78 is 5.36. The Hall–Kier alpha value is -1.70. The zero-order chi connectivity index (χ0) is 15.4. The van der Waals surface area contributed by atoms with Gasteiger partial charge in [0.2, 0.25) is 0 Å². The summed E-state index contributed by atoms with van der Waals surface area (Å²) in [4.78, 5) is 25.1. The Bertz CT molecular complexity index is 646. The maximum Gasteiger partial charge on any atom is 0.266 e. The number of nitrogens with one attached hydrogen (secondary N) is 2. The Kier molecular flexibility index (Phi) is 4.87. The highest BCUT2D eigenvalue weighted by Gasteiger charge is 2.20. The van der Waals surface area contributed by atoms with E-state index in [1.165, 1.54) is 22.7 Å². The van der Waals surface area contributed by atoms with E-state index in [0.717, 1.165) is 19.4 Å². The van der Waals surface area contributed by atoms with E-state index in [0.29, 0.717) is 22.0 Å². The number of carbonyl (C=O) groups is 2. The van der Waals surface area contributed by atoms with Crippen LogP contribution in [0.25, 0.3) is 0 Å². The summed E-state index contributed by atoms with van der Waals surface area (Å²) in [5, 5.41) is 10.00. The number of rotatable bonds is 4. The number of ether oxygens (including phenoxy) is 1. The summed E-state index contributed by atoms with van der Waals surface area (Å²) in [5.74, 6) is -0.356. The van der Waals surface area contributed by atoms with Crippen molar-refractivity contribution in [1.29, 1.82) is 0 Å². The lowest BCUT2D eigenvalue weighted by Crippen LogP contribution is -2.40. The molecule has 3 rings (SSSR count). The third-order valence-corrected chi connectivity index (χ3v) is 5.08. The van der Waals surface area contributed by atoms with Crippen molar-refractivity contribution in [2.24, 2.45) is 0 Å². The van der Waals surface area contributed by atoms with E-state index in [1.54, 1.807) is 17.5 Å². The highest BCUT2D eigenvalue weighted by molar-refractivity contribution is 7.15. The third-order valence-electron chi connectivity index (χ3n) is 3.38. The molecule has 1 fully saturated rings. The van der Waals surface area contributed by atoms with Gasteiger partial charge in [0.1, 0.15) is 5.00 Å². The third kappa shape index (κ3) is 3.55. The van der Waals surface area contributed by atoms with Gasteiger partial charge < -0.3 is 15.4 Å². The van der Waals surface area contributed by atoms with E-state index in [2.05, 4.69) is 10.6 Å². The zero-order valence-corrected chi connectivity index (χ0v) is 13.5. The largest absolute Gasteiger partial charge is 0.379 e. The predicted octanol–water partition coefficient (Wildman–Crippen LogP) is 2.97. The molecule has 7 heteroatoms. The minimum atomic E-state index is -0.188. The van der Waals surface area contributed by atoms with Crippen LogP contribution in [0.3, 0.4) is 0 Å². The van der Waals surface area contributed by atoms with Gasteiger partial charge in [-0.25, -0.2) is 0 Å². The lowest BCUT2D eigenvalue weighted by Gasteiger charge is -2.23. The maximum absolute atomic E-state index is 12.4. The van der Waals surface area contributed by atoms with Gasteiger partial charge in [0.05, 0.1) is 23.1 Å². The Morgan fingerprint density at radius 3 is 2.82 bits per heavy atom. The van der Waals surface area contributed by atoms with Crippen LogP contribution in [0.15, 0.2) is 29.0 Å². The summed E-state index contributed by atoms with van der Waals surface area (Å²) in [6, 6.07) is 5.35. The van der Waals surface area contributed by atoms with Gasteiger partial charge in [-0.05, 0) is 35.7 Å². The molecule has 2 amide bonds. The second-order valence-electron chi connectivity index (χ2n) is 4.98. The maximum atomic E-state index is 12.4. The monoisotopic (exact) mass is 336 g/mol. The molecule has 116 valence electrons. The Labute approximate surface area is 136 Å². The Balaban J connectivity index is 1.66. The van der Waals surface area contributed by atoms with E-state index >= 15 is 0 Å². The first kappa shape index (κ1) is 15.2. The van der Waals surface area contributed by atoms with Crippen LogP contribution in [0.4, 0.5) is 5.00 Å². The molecule has 1 unspecified atom stereocenters. The molecular weight excluding hydrogens is 320 g/mol. The second kappa shape index (κ2) is 7.04. The molecule has 1 aliphatic heterocycles. The summed E-state index contributed by atoms with van der Waals surface area (Å²) in [7, 11) is 0. The van der Waals surface area contributed by atoms with Crippen LogP contribution in [0.5, 0.6) is 0 Å². The van der Waals surface area contributed by atoms with Crippen LogP contribution in [-0.2, 0) is 4.74 Å². The first-order valence-corrected chi connectivity index (χ1v) is 8.81. The van der Waals surface area contributed by atoms with Gasteiger partial charge in [0.15, 0.2) is 0 Å². The molecule has 0 bridgehead atoms. The molecule has 1 saturated heterocycles. The molecule has 2 N–H and O–H groups in total. The number of amides is 2. The molecule has 5 nitrogen and oxygen atoms in total. The molecule has 0 spiro atoms. The van der Waals surface area contributed by atoms with Crippen LogP contribution in [-0.4, -0.2) is 31.1 Å². The standard InChI is InChI=1S/C15H16N2O3S2/c18-13(16-10-3-1-6-20-9-10)11-5-8-22-15(11)17-14(19)12-4-2-7-21-12/h2,4-5,7-8,10H,1,3,6,9H2,(H,16,18)(H,17,19). The first-order valence-electron chi connectivity index (χ1n) is 7.05. The quantitative estimate of drug-likeness (QED) is 0.902. The number of hydrogen-bond acceptors (Lipinski definition) is 5.